The number of hydrogen-bond donors (Lipinski definition) is 1. The van der Waals surface area contributed by atoms with Crippen LogP contribution < -0.4 is 0 Å². The van der Waals surface area contributed by atoms with Crippen LogP contribution in [-0.2, 0) is 0 Å². The SMILES string of the molecule is C=C(CC1(C)CC=CC(C2=CC=CC(C)(CC)C=C2)CC1)C1(O)C2=C(C=CCC2)C2C=CC=CC21. The summed E-state index contributed by atoms with van der Waals surface area (Å²) in [6.45, 7) is 11.5. The van der Waals surface area contributed by atoms with Gasteiger partial charge in [-0.15, -0.1) is 0 Å². The lowest BCUT2D eigenvalue weighted by Gasteiger charge is -2.40. The molecule has 1 nitrogen and oxygen atoms in total. The Hall–Kier alpha value is -2.38. The Labute approximate surface area is 212 Å². The number of rotatable bonds is 5. The molecule has 6 atom stereocenters. The summed E-state index contributed by atoms with van der Waals surface area (Å²) in [6, 6.07) is 0. The fourth-order valence-corrected chi connectivity index (χ4v) is 6.93. The van der Waals surface area contributed by atoms with E-state index in [4.69, 9.17) is 0 Å². The van der Waals surface area contributed by atoms with Gasteiger partial charge in [-0.1, -0.05) is 106 Å². The molecule has 184 valence electrons. The summed E-state index contributed by atoms with van der Waals surface area (Å²) in [5.74, 6) is 0.801. The molecule has 1 N–H and O–H groups in total. The Bertz CT molecular complexity index is 1120. The van der Waals surface area contributed by atoms with Gasteiger partial charge in [0.25, 0.3) is 0 Å². The topological polar surface area (TPSA) is 20.2 Å². The van der Waals surface area contributed by atoms with E-state index in [2.05, 4.69) is 106 Å². The zero-order chi connectivity index (χ0) is 24.7. The van der Waals surface area contributed by atoms with Crippen molar-refractivity contribution < 1.29 is 5.11 Å². The molecule has 0 saturated carbocycles. The zero-order valence-corrected chi connectivity index (χ0v) is 21.8. The third-order valence-electron chi connectivity index (χ3n) is 9.47. The Balaban J connectivity index is 1.33. The summed E-state index contributed by atoms with van der Waals surface area (Å²) in [7, 11) is 0. The van der Waals surface area contributed by atoms with Crippen LogP contribution in [0.15, 0.2) is 108 Å². The highest BCUT2D eigenvalue weighted by Gasteiger charge is 2.53. The monoisotopic (exact) mass is 466 g/mol. The molecule has 0 radical (unpaired) electrons. The van der Waals surface area contributed by atoms with E-state index in [0.29, 0.717) is 5.92 Å². The number of allylic oxidation sites excluding steroid dienone is 14. The van der Waals surface area contributed by atoms with E-state index in [1.165, 1.54) is 16.7 Å². The van der Waals surface area contributed by atoms with Crippen LogP contribution in [-0.4, -0.2) is 10.7 Å². The van der Waals surface area contributed by atoms with Gasteiger partial charge in [-0.25, -0.2) is 0 Å². The van der Waals surface area contributed by atoms with Crippen molar-refractivity contribution in [3.05, 3.63) is 108 Å². The fourth-order valence-electron chi connectivity index (χ4n) is 6.93. The first-order valence-corrected chi connectivity index (χ1v) is 13.7. The summed E-state index contributed by atoms with van der Waals surface area (Å²) >= 11 is 0. The van der Waals surface area contributed by atoms with Gasteiger partial charge in [-0.2, -0.15) is 0 Å². The molecule has 35 heavy (non-hydrogen) atoms. The smallest absolute Gasteiger partial charge is 0.114 e. The van der Waals surface area contributed by atoms with E-state index in [9.17, 15) is 5.11 Å². The third-order valence-corrected chi connectivity index (χ3v) is 9.47. The van der Waals surface area contributed by atoms with Crippen LogP contribution in [0.5, 0.6) is 0 Å². The van der Waals surface area contributed by atoms with Crippen LogP contribution in [0, 0.1) is 28.6 Å². The Morgan fingerprint density at radius 1 is 1.06 bits per heavy atom. The summed E-state index contributed by atoms with van der Waals surface area (Å²) < 4.78 is 0. The molecule has 0 saturated heterocycles. The van der Waals surface area contributed by atoms with E-state index in [-0.39, 0.29) is 22.7 Å². The predicted molar refractivity (Wildman–Crippen MR) is 149 cm³/mol. The van der Waals surface area contributed by atoms with Crippen molar-refractivity contribution >= 4 is 0 Å². The molecule has 0 bridgehead atoms. The van der Waals surface area contributed by atoms with Crippen molar-refractivity contribution in [3.63, 3.8) is 0 Å². The van der Waals surface area contributed by atoms with Crippen LogP contribution in [0.4, 0.5) is 0 Å². The molecule has 0 aromatic carbocycles. The molecular weight excluding hydrogens is 424 g/mol. The van der Waals surface area contributed by atoms with E-state index in [1.807, 2.05) is 0 Å². The van der Waals surface area contributed by atoms with Gasteiger partial charge in [0.1, 0.15) is 5.60 Å². The van der Waals surface area contributed by atoms with Crippen molar-refractivity contribution in [3.8, 4) is 0 Å². The molecule has 0 amide bonds. The predicted octanol–water partition coefficient (Wildman–Crippen LogP) is 8.51. The lowest BCUT2D eigenvalue weighted by Crippen LogP contribution is -2.41. The fraction of sp³-hybridized carbons (Fsp3) is 0.471. The van der Waals surface area contributed by atoms with Crippen molar-refractivity contribution in [1.82, 2.24) is 0 Å². The maximum absolute atomic E-state index is 12.3. The molecule has 6 unspecified atom stereocenters. The molecule has 0 aliphatic heterocycles. The second-order valence-corrected chi connectivity index (χ2v) is 12.0. The molecule has 5 aliphatic carbocycles. The van der Waals surface area contributed by atoms with E-state index in [0.717, 1.165) is 50.5 Å². The minimum absolute atomic E-state index is 0.0753. The minimum Gasteiger partial charge on any atom is -0.380 e. The van der Waals surface area contributed by atoms with Gasteiger partial charge < -0.3 is 5.11 Å². The highest BCUT2D eigenvalue weighted by atomic mass is 16.3. The van der Waals surface area contributed by atoms with Crippen molar-refractivity contribution in [2.24, 2.45) is 28.6 Å². The van der Waals surface area contributed by atoms with Crippen molar-refractivity contribution in [2.75, 3.05) is 0 Å². The summed E-state index contributed by atoms with van der Waals surface area (Å²) in [6.07, 6.45) is 36.9. The van der Waals surface area contributed by atoms with Crippen LogP contribution >= 0.6 is 0 Å². The molecule has 0 aromatic heterocycles. The van der Waals surface area contributed by atoms with Gasteiger partial charge in [0.05, 0.1) is 0 Å². The molecule has 0 aromatic rings. The quantitative estimate of drug-likeness (QED) is 0.403. The number of fused-ring (bicyclic) bond motifs is 2. The normalized spacial score (nSPS) is 39.8. The first-order chi connectivity index (χ1) is 16.8. The van der Waals surface area contributed by atoms with Gasteiger partial charge in [-0.3, -0.25) is 0 Å². The molecular formula is C34H42O. The molecule has 1 heteroatoms. The highest BCUT2D eigenvalue weighted by molar-refractivity contribution is 5.53. The van der Waals surface area contributed by atoms with Crippen molar-refractivity contribution in [1.29, 1.82) is 0 Å². The standard InChI is InChI=1S/C34H42O/c1-5-32(3)20-10-12-26(18-22-32)27-13-11-21-33(4,23-19-27)24-25(2)34(35)30-16-8-6-14-28(30)29-15-7-9-17-31(29)34/h6-8,10-16,18,20,22,27-28,30,35H,2,5,9,17,19,21,23-24H2,1,3-4H3. The summed E-state index contributed by atoms with van der Waals surface area (Å²) in [5.41, 5.74) is 4.32. The first-order valence-electron chi connectivity index (χ1n) is 13.7. The van der Waals surface area contributed by atoms with Gasteiger partial charge in [-0.05, 0) is 72.7 Å². The summed E-state index contributed by atoms with van der Waals surface area (Å²) in [4.78, 5) is 0. The highest BCUT2D eigenvalue weighted by Crippen LogP contribution is 2.56. The van der Waals surface area contributed by atoms with Gasteiger partial charge in [0, 0.05) is 23.2 Å². The number of aliphatic hydroxyl groups is 1. The maximum atomic E-state index is 12.3. The molecule has 5 rings (SSSR count). The summed E-state index contributed by atoms with van der Waals surface area (Å²) in [5, 5.41) is 12.3. The second kappa shape index (κ2) is 9.25. The van der Waals surface area contributed by atoms with Crippen molar-refractivity contribution in [2.45, 2.75) is 71.3 Å². The Kier molecular flexibility index (Phi) is 6.43. The molecule has 0 fully saturated rings. The van der Waals surface area contributed by atoms with Gasteiger partial charge in [0.15, 0.2) is 0 Å². The minimum atomic E-state index is -0.924. The molecule has 0 heterocycles. The van der Waals surface area contributed by atoms with E-state index in [1.54, 1.807) is 0 Å². The average molecular weight is 467 g/mol. The lowest BCUT2D eigenvalue weighted by atomic mass is 9.68. The van der Waals surface area contributed by atoms with Crippen LogP contribution in [0.25, 0.3) is 0 Å². The largest absolute Gasteiger partial charge is 0.380 e. The van der Waals surface area contributed by atoms with Gasteiger partial charge in [0.2, 0.25) is 0 Å². The van der Waals surface area contributed by atoms with E-state index < -0.39 is 5.60 Å². The molecule has 5 aliphatic rings. The zero-order valence-electron chi connectivity index (χ0n) is 21.8. The number of hydrogen-bond acceptors (Lipinski definition) is 1. The Morgan fingerprint density at radius 2 is 1.89 bits per heavy atom. The second-order valence-electron chi connectivity index (χ2n) is 12.0. The third kappa shape index (κ3) is 4.38. The van der Waals surface area contributed by atoms with Crippen LogP contribution in [0.3, 0.4) is 0 Å². The molecule has 0 spiro atoms. The lowest BCUT2D eigenvalue weighted by molar-refractivity contribution is 0.0623. The Morgan fingerprint density at radius 3 is 2.71 bits per heavy atom. The van der Waals surface area contributed by atoms with Crippen LogP contribution in [0.2, 0.25) is 0 Å². The first kappa shape index (κ1) is 24.3. The van der Waals surface area contributed by atoms with Gasteiger partial charge >= 0.3 is 0 Å². The average Bonchev–Trinajstić information content (AvgIpc) is 3.02. The van der Waals surface area contributed by atoms with E-state index >= 15 is 0 Å². The van der Waals surface area contributed by atoms with Crippen LogP contribution in [0.1, 0.15) is 65.7 Å². The maximum Gasteiger partial charge on any atom is 0.114 e.